The van der Waals surface area contributed by atoms with Gasteiger partial charge < -0.3 is 0 Å². The topological polar surface area (TPSA) is 54.4 Å². The molecule has 2 aromatic rings. The van der Waals surface area contributed by atoms with E-state index in [4.69, 9.17) is 4.55 Å². The van der Waals surface area contributed by atoms with Crippen molar-refractivity contribution in [2.24, 2.45) is 0 Å². The first kappa shape index (κ1) is 13.1. The Kier molecular flexibility index (Phi) is 3.41. The molecule has 2 rings (SSSR count). The van der Waals surface area contributed by atoms with E-state index in [1.54, 1.807) is 0 Å². The lowest BCUT2D eigenvalue weighted by atomic mass is 10.0. The van der Waals surface area contributed by atoms with Gasteiger partial charge in [0.05, 0.1) is 4.90 Å². The number of fused-ring (bicyclic) bond motifs is 1. The second-order valence-electron chi connectivity index (χ2n) is 4.52. The number of aryl methyl sites for hydroxylation is 2. The van der Waals surface area contributed by atoms with Crippen LogP contribution in [0.25, 0.3) is 10.8 Å². The predicted molar refractivity (Wildman–Crippen MR) is 72.5 cm³/mol. The fourth-order valence-corrected chi connectivity index (χ4v) is 2.77. The third-order valence-electron chi connectivity index (χ3n) is 3.03. The first-order valence-electron chi connectivity index (χ1n) is 5.92. The van der Waals surface area contributed by atoms with Gasteiger partial charge in [-0.1, -0.05) is 31.5 Å². The van der Waals surface area contributed by atoms with Gasteiger partial charge in [-0.3, -0.25) is 4.55 Å². The van der Waals surface area contributed by atoms with Gasteiger partial charge in [0.1, 0.15) is 0 Å². The van der Waals surface area contributed by atoms with Gasteiger partial charge in [0.25, 0.3) is 10.1 Å². The van der Waals surface area contributed by atoms with Gasteiger partial charge in [-0.2, -0.15) is 8.42 Å². The molecule has 0 saturated heterocycles. The Bertz CT molecular complexity index is 687. The van der Waals surface area contributed by atoms with Crippen molar-refractivity contribution in [1.29, 1.82) is 0 Å². The quantitative estimate of drug-likeness (QED) is 0.865. The van der Waals surface area contributed by atoms with Gasteiger partial charge in [0, 0.05) is 0 Å². The molecule has 0 fully saturated rings. The normalized spacial score (nSPS) is 11.9. The highest BCUT2D eigenvalue weighted by molar-refractivity contribution is 7.85. The summed E-state index contributed by atoms with van der Waals surface area (Å²) in [6, 6.07) is 9.07. The standard InChI is InChI=1S/C14H16O3S/c1-3-4-11-5-6-14-10(2)7-13(18(15,16)17)9-12(14)8-11/h5-9H,3-4H2,1-2H3,(H,15,16,17). The Labute approximate surface area is 107 Å². The predicted octanol–water partition coefficient (Wildman–Crippen LogP) is 3.35. The third-order valence-corrected chi connectivity index (χ3v) is 3.87. The molecule has 0 aromatic heterocycles. The zero-order valence-electron chi connectivity index (χ0n) is 10.5. The molecule has 0 atom stereocenters. The summed E-state index contributed by atoms with van der Waals surface area (Å²) >= 11 is 0. The molecule has 96 valence electrons. The van der Waals surface area contributed by atoms with Crippen molar-refractivity contribution >= 4 is 20.9 Å². The molecule has 0 aliphatic carbocycles. The maximum atomic E-state index is 11.2. The molecule has 18 heavy (non-hydrogen) atoms. The fourth-order valence-electron chi connectivity index (χ4n) is 2.17. The van der Waals surface area contributed by atoms with E-state index in [0.29, 0.717) is 0 Å². The van der Waals surface area contributed by atoms with Crippen molar-refractivity contribution in [2.45, 2.75) is 31.6 Å². The van der Waals surface area contributed by atoms with Crippen LogP contribution in [0.15, 0.2) is 35.2 Å². The monoisotopic (exact) mass is 264 g/mol. The zero-order chi connectivity index (χ0) is 13.3. The van der Waals surface area contributed by atoms with Gasteiger partial charge >= 0.3 is 0 Å². The molecule has 0 spiro atoms. The lowest BCUT2D eigenvalue weighted by molar-refractivity contribution is 0.483. The Balaban J connectivity index is 2.69. The molecule has 0 aliphatic heterocycles. The van der Waals surface area contributed by atoms with E-state index >= 15 is 0 Å². The van der Waals surface area contributed by atoms with Crippen LogP contribution >= 0.6 is 0 Å². The summed E-state index contributed by atoms with van der Waals surface area (Å²) in [5.74, 6) is 0. The molecular weight excluding hydrogens is 248 g/mol. The van der Waals surface area contributed by atoms with Crippen LogP contribution in [0.4, 0.5) is 0 Å². The molecule has 4 heteroatoms. The lowest BCUT2D eigenvalue weighted by Crippen LogP contribution is -1.99. The molecule has 0 bridgehead atoms. The van der Waals surface area contributed by atoms with Gasteiger partial charge in [0.2, 0.25) is 0 Å². The highest BCUT2D eigenvalue weighted by Crippen LogP contribution is 2.24. The minimum atomic E-state index is -4.14. The molecule has 0 unspecified atom stereocenters. The minimum absolute atomic E-state index is 0.0406. The smallest absolute Gasteiger partial charge is 0.282 e. The van der Waals surface area contributed by atoms with Crippen molar-refractivity contribution in [1.82, 2.24) is 0 Å². The number of rotatable bonds is 3. The molecular formula is C14H16O3S. The molecule has 0 amide bonds. The minimum Gasteiger partial charge on any atom is -0.282 e. The lowest BCUT2D eigenvalue weighted by Gasteiger charge is -2.07. The van der Waals surface area contributed by atoms with Crippen LogP contribution in [-0.4, -0.2) is 13.0 Å². The Morgan fingerprint density at radius 2 is 1.89 bits per heavy atom. The molecule has 0 radical (unpaired) electrons. The van der Waals surface area contributed by atoms with Gasteiger partial charge in [-0.05, 0) is 47.4 Å². The first-order chi connectivity index (χ1) is 8.41. The summed E-state index contributed by atoms with van der Waals surface area (Å²) < 4.78 is 31.5. The molecule has 0 saturated carbocycles. The highest BCUT2D eigenvalue weighted by Gasteiger charge is 2.12. The maximum absolute atomic E-state index is 11.2. The van der Waals surface area contributed by atoms with Crippen LogP contribution < -0.4 is 0 Å². The largest absolute Gasteiger partial charge is 0.294 e. The Hall–Kier alpha value is -1.39. The van der Waals surface area contributed by atoms with E-state index in [1.807, 2.05) is 19.1 Å². The molecule has 1 N–H and O–H groups in total. The Morgan fingerprint density at radius 3 is 2.50 bits per heavy atom. The number of hydrogen-bond donors (Lipinski definition) is 1. The highest BCUT2D eigenvalue weighted by atomic mass is 32.2. The van der Waals surface area contributed by atoms with E-state index < -0.39 is 10.1 Å². The van der Waals surface area contributed by atoms with E-state index in [9.17, 15) is 8.42 Å². The average Bonchev–Trinajstić information content (AvgIpc) is 2.27. The second-order valence-corrected chi connectivity index (χ2v) is 5.94. The molecule has 2 aromatic carbocycles. The van der Waals surface area contributed by atoms with Crippen molar-refractivity contribution in [3.05, 3.63) is 41.5 Å². The summed E-state index contributed by atoms with van der Waals surface area (Å²) in [7, 11) is -4.14. The van der Waals surface area contributed by atoms with Crippen LogP contribution in [0.3, 0.4) is 0 Å². The van der Waals surface area contributed by atoms with Crippen LogP contribution in [0.2, 0.25) is 0 Å². The van der Waals surface area contributed by atoms with E-state index in [0.717, 1.165) is 29.2 Å². The van der Waals surface area contributed by atoms with Crippen molar-refractivity contribution in [2.75, 3.05) is 0 Å². The summed E-state index contributed by atoms with van der Waals surface area (Å²) in [6.45, 7) is 3.94. The molecule has 3 nitrogen and oxygen atoms in total. The van der Waals surface area contributed by atoms with Crippen molar-refractivity contribution in [3.8, 4) is 0 Å². The van der Waals surface area contributed by atoms with Crippen molar-refractivity contribution in [3.63, 3.8) is 0 Å². The third kappa shape index (κ3) is 2.54. The Morgan fingerprint density at radius 1 is 1.17 bits per heavy atom. The van der Waals surface area contributed by atoms with Gasteiger partial charge in [-0.25, -0.2) is 0 Å². The second kappa shape index (κ2) is 4.71. The van der Waals surface area contributed by atoms with E-state index in [-0.39, 0.29) is 4.90 Å². The summed E-state index contributed by atoms with van der Waals surface area (Å²) in [6.07, 6.45) is 2.01. The zero-order valence-corrected chi connectivity index (χ0v) is 11.3. The van der Waals surface area contributed by atoms with Crippen LogP contribution in [0.1, 0.15) is 24.5 Å². The number of benzene rings is 2. The summed E-state index contributed by atoms with van der Waals surface area (Å²) in [5.41, 5.74) is 2.03. The van der Waals surface area contributed by atoms with Gasteiger partial charge in [0.15, 0.2) is 0 Å². The van der Waals surface area contributed by atoms with Crippen LogP contribution in [0, 0.1) is 6.92 Å². The average molecular weight is 264 g/mol. The summed E-state index contributed by atoms with van der Waals surface area (Å²) in [5, 5.41) is 1.87. The van der Waals surface area contributed by atoms with Crippen LogP contribution in [0.5, 0.6) is 0 Å². The van der Waals surface area contributed by atoms with Crippen molar-refractivity contribution < 1.29 is 13.0 Å². The summed E-state index contributed by atoms with van der Waals surface area (Å²) in [4.78, 5) is -0.0406. The molecule has 0 aliphatic rings. The fraction of sp³-hybridized carbons (Fsp3) is 0.286. The van der Waals surface area contributed by atoms with E-state index in [1.165, 1.54) is 17.7 Å². The van der Waals surface area contributed by atoms with Gasteiger partial charge in [-0.15, -0.1) is 0 Å². The maximum Gasteiger partial charge on any atom is 0.294 e. The van der Waals surface area contributed by atoms with Crippen LogP contribution in [-0.2, 0) is 16.5 Å². The first-order valence-corrected chi connectivity index (χ1v) is 7.36. The molecule has 0 heterocycles. The SMILES string of the molecule is CCCc1ccc2c(C)cc(S(=O)(=O)O)cc2c1. The van der Waals surface area contributed by atoms with E-state index in [2.05, 4.69) is 13.0 Å². The number of hydrogen-bond acceptors (Lipinski definition) is 2.